The predicted molar refractivity (Wildman–Crippen MR) is 84.9 cm³/mol. The van der Waals surface area contributed by atoms with E-state index in [4.69, 9.17) is 0 Å². The summed E-state index contributed by atoms with van der Waals surface area (Å²) in [5.74, 6) is -2.13. The number of anilines is 2. The van der Waals surface area contributed by atoms with E-state index in [9.17, 15) is 14.7 Å². The molecule has 1 amide bonds. The number of rotatable bonds is 4. The lowest BCUT2D eigenvalue weighted by atomic mass is 10.1. The number of hydrogen-bond acceptors (Lipinski definition) is 3. The molecule has 1 saturated heterocycles. The summed E-state index contributed by atoms with van der Waals surface area (Å²) in [4.78, 5) is 26.0. The Balaban J connectivity index is 1.77. The maximum Gasteiger partial charge on any atom is 0.307 e. The molecule has 0 bridgehead atoms. The maximum atomic E-state index is 12.5. The van der Waals surface area contributed by atoms with Gasteiger partial charge in [-0.3, -0.25) is 9.59 Å². The summed E-state index contributed by atoms with van der Waals surface area (Å²) in [5, 5.41) is 12.2. The zero-order chi connectivity index (χ0) is 15.9. The molecule has 1 aromatic carbocycles. The SMILES string of the molecule is CC1(C)[C@H](C(=O)O)[C@@H]1C(=O)Nc1ccccc1N1CCCC1. The van der Waals surface area contributed by atoms with Crippen LogP contribution in [0.2, 0.25) is 0 Å². The number of carbonyl (C=O) groups excluding carboxylic acids is 1. The van der Waals surface area contributed by atoms with Gasteiger partial charge in [-0.1, -0.05) is 26.0 Å². The third kappa shape index (κ3) is 2.45. The van der Waals surface area contributed by atoms with Crippen LogP contribution in [0.4, 0.5) is 11.4 Å². The summed E-state index contributed by atoms with van der Waals surface area (Å²) in [6, 6.07) is 7.75. The number of benzene rings is 1. The predicted octanol–water partition coefficient (Wildman–Crippen LogP) is 2.58. The fraction of sp³-hybridized carbons (Fsp3) is 0.529. The number of carbonyl (C=O) groups is 2. The Kier molecular flexibility index (Phi) is 3.59. The van der Waals surface area contributed by atoms with Crippen LogP contribution in [-0.2, 0) is 9.59 Å². The quantitative estimate of drug-likeness (QED) is 0.897. The van der Waals surface area contributed by atoms with Crippen LogP contribution in [-0.4, -0.2) is 30.1 Å². The number of carboxylic acid groups (broad SMARTS) is 1. The summed E-state index contributed by atoms with van der Waals surface area (Å²) in [6.07, 6.45) is 2.33. The molecule has 0 radical (unpaired) electrons. The van der Waals surface area contributed by atoms with Crippen molar-refractivity contribution < 1.29 is 14.7 Å². The van der Waals surface area contributed by atoms with Gasteiger partial charge in [0.25, 0.3) is 0 Å². The van der Waals surface area contributed by atoms with Crippen molar-refractivity contribution in [2.75, 3.05) is 23.3 Å². The molecule has 2 N–H and O–H groups in total. The number of aliphatic carboxylic acids is 1. The number of nitrogens with zero attached hydrogens (tertiary/aromatic N) is 1. The molecule has 1 saturated carbocycles. The van der Waals surface area contributed by atoms with Crippen molar-refractivity contribution in [3.05, 3.63) is 24.3 Å². The smallest absolute Gasteiger partial charge is 0.307 e. The fourth-order valence-electron chi connectivity index (χ4n) is 3.61. The van der Waals surface area contributed by atoms with E-state index in [1.165, 1.54) is 12.8 Å². The molecule has 1 aliphatic carbocycles. The molecular weight excluding hydrogens is 280 g/mol. The second-order valence-corrected chi connectivity index (χ2v) is 6.82. The highest BCUT2D eigenvalue weighted by atomic mass is 16.4. The van der Waals surface area contributed by atoms with Crippen LogP contribution < -0.4 is 10.2 Å². The molecule has 1 aromatic rings. The summed E-state index contributed by atoms with van der Waals surface area (Å²) < 4.78 is 0. The number of amides is 1. The van der Waals surface area contributed by atoms with Crippen molar-refractivity contribution in [1.29, 1.82) is 0 Å². The lowest BCUT2D eigenvalue weighted by Gasteiger charge is -2.21. The largest absolute Gasteiger partial charge is 0.481 e. The van der Waals surface area contributed by atoms with Gasteiger partial charge in [0.2, 0.25) is 5.91 Å². The molecule has 0 unspecified atom stereocenters. The second-order valence-electron chi connectivity index (χ2n) is 6.82. The van der Waals surface area contributed by atoms with E-state index in [0.717, 1.165) is 24.5 Å². The van der Waals surface area contributed by atoms with Crippen molar-refractivity contribution in [2.24, 2.45) is 17.3 Å². The van der Waals surface area contributed by atoms with Crippen LogP contribution in [0.5, 0.6) is 0 Å². The molecule has 0 spiro atoms. The van der Waals surface area contributed by atoms with Crippen molar-refractivity contribution in [3.63, 3.8) is 0 Å². The van der Waals surface area contributed by atoms with Gasteiger partial charge in [0.1, 0.15) is 0 Å². The first-order chi connectivity index (χ1) is 10.4. The molecule has 118 valence electrons. The van der Waals surface area contributed by atoms with Crippen molar-refractivity contribution in [1.82, 2.24) is 0 Å². The number of para-hydroxylation sites is 2. The Morgan fingerprint density at radius 3 is 2.41 bits per heavy atom. The highest BCUT2D eigenvalue weighted by Crippen LogP contribution is 2.58. The van der Waals surface area contributed by atoms with Gasteiger partial charge >= 0.3 is 5.97 Å². The molecular formula is C17H22N2O3. The first-order valence-corrected chi connectivity index (χ1v) is 7.80. The Morgan fingerprint density at radius 2 is 1.82 bits per heavy atom. The van der Waals surface area contributed by atoms with Crippen molar-refractivity contribution >= 4 is 23.3 Å². The molecule has 0 aromatic heterocycles. The van der Waals surface area contributed by atoms with Gasteiger partial charge in [0.15, 0.2) is 0 Å². The zero-order valence-corrected chi connectivity index (χ0v) is 13.0. The lowest BCUT2D eigenvalue weighted by Crippen LogP contribution is -2.22. The van der Waals surface area contributed by atoms with E-state index < -0.39 is 23.2 Å². The van der Waals surface area contributed by atoms with Crippen LogP contribution in [0.15, 0.2) is 24.3 Å². The third-order valence-corrected chi connectivity index (χ3v) is 4.98. The molecule has 5 heteroatoms. The van der Waals surface area contributed by atoms with E-state index in [-0.39, 0.29) is 5.91 Å². The Bertz CT molecular complexity index is 606. The molecule has 5 nitrogen and oxygen atoms in total. The standard InChI is InChI=1S/C17H22N2O3/c1-17(2)13(14(17)16(21)22)15(20)18-11-7-3-4-8-12(11)19-9-5-6-10-19/h3-4,7-8,13-14H,5-6,9-10H2,1-2H3,(H,18,20)(H,21,22)/t13-,14+/m1/s1. The molecule has 2 fully saturated rings. The van der Waals surface area contributed by atoms with E-state index in [1.54, 1.807) is 0 Å². The summed E-state index contributed by atoms with van der Waals surface area (Å²) in [6.45, 7) is 5.67. The van der Waals surface area contributed by atoms with E-state index in [2.05, 4.69) is 10.2 Å². The number of nitrogens with one attached hydrogen (secondary N) is 1. The summed E-state index contributed by atoms with van der Waals surface area (Å²) in [5.41, 5.74) is 1.33. The lowest BCUT2D eigenvalue weighted by molar-refractivity contribution is -0.140. The third-order valence-electron chi connectivity index (χ3n) is 4.98. The number of hydrogen-bond donors (Lipinski definition) is 2. The van der Waals surface area contributed by atoms with Crippen LogP contribution in [0.1, 0.15) is 26.7 Å². The maximum absolute atomic E-state index is 12.5. The second kappa shape index (κ2) is 5.30. The van der Waals surface area contributed by atoms with Crippen LogP contribution in [0.3, 0.4) is 0 Å². The van der Waals surface area contributed by atoms with Gasteiger partial charge in [-0.05, 0) is 30.4 Å². The zero-order valence-electron chi connectivity index (χ0n) is 13.0. The average Bonchev–Trinajstić information content (AvgIpc) is 2.84. The van der Waals surface area contributed by atoms with Gasteiger partial charge in [0, 0.05) is 13.1 Å². The molecule has 1 heterocycles. The Hall–Kier alpha value is -2.04. The molecule has 2 aliphatic rings. The van der Waals surface area contributed by atoms with Crippen molar-refractivity contribution in [3.8, 4) is 0 Å². The molecule has 3 rings (SSSR count). The van der Waals surface area contributed by atoms with Crippen molar-refractivity contribution in [2.45, 2.75) is 26.7 Å². The van der Waals surface area contributed by atoms with Gasteiger partial charge < -0.3 is 15.3 Å². The van der Waals surface area contributed by atoms with Crippen LogP contribution in [0.25, 0.3) is 0 Å². The highest BCUT2D eigenvalue weighted by Gasteiger charge is 2.65. The first kappa shape index (κ1) is 14.9. The summed E-state index contributed by atoms with van der Waals surface area (Å²) >= 11 is 0. The Labute approximate surface area is 130 Å². The van der Waals surface area contributed by atoms with Gasteiger partial charge in [-0.2, -0.15) is 0 Å². The topological polar surface area (TPSA) is 69.6 Å². The fourth-order valence-corrected chi connectivity index (χ4v) is 3.61. The van der Waals surface area contributed by atoms with Crippen LogP contribution >= 0.6 is 0 Å². The summed E-state index contributed by atoms with van der Waals surface area (Å²) in [7, 11) is 0. The van der Waals surface area contributed by atoms with Gasteiger partial charge in [-0.15, -0.1) is 0 Å². The monoisotopic (exact) mass is 302 g/mol. The van der Waals surface area contributed by atoms with Gasteiger partial charge in [-0.25, -0.2) is 0 Å². The molecule has 22 heavy (non-hydrogen) atoms. The van der Waals surface area contributed by atoms with E-state index >= 15 is 0 Å². The molecule has 1 aliphatic heterocycles. The Morgan fingerprint density at radius 1 is 1.18 bits per heavy atom. The molecule has 2 atom stereocenters. The number of carboxylic acids is 1. The minimum atomic E-state index is -0.891. The normalized spacial score (nSPS) is 25.8. The van der Waals surface area contributed by atoms with Crippen LogP contribution in [0, 0.1) is 17.3 Å². The van der Waals surface area contributed by atoms with E-state index in [0.29, 0.717) is 0 Å². The highest BCUT2D eigenvalue weighted by molar-refractivity contribution is 6.01. The first-order valence-electron chi connectivity index (χ1n) is 7.80. The van der Waals surface area contributed by atoms with Gasteiger partial charge in [0.05, 0.1) is 23.2 Å². The average molecular weight is 302 g/mol. The minimum absolute atomic E-state index is 0.191. The minimum Gasteiger partial charge on any atom is -0.481 e. The van der Waals surface area contributed by atoms with E-state index in [1.807, 2.05) is 38.1 Å².